The van der Waals surface area contributed by atoms with E-state index in [-0.39, 0.29) is 10.8 Å². The second-order valence-electron chi connectivity index (χ2n) is 3.92. The van der Waals surface area contributed by atoms with Crippen molar-refractivity contribution in [3.8, 4) is 5.88 Å². The molecule has 0 fully saturated rings. The fourth-order valence-corrected chi connectivity index (χ4v) is 1.95. The number of benzene rings is 1. The topological polar surface area (TPSA) is 56.3 Å². The molecule has 0 spiro atoms. The number of fused-ring (bicyclic) bond motifs is 1. The summed E-state index contributed by atoms with van der Waals surface area (Å²) in [4.78, 5) is 3.37. The van der Waals surface area contributed by atoms with Gasteiger partial charge in [0, 0.05) is 17.6 Å². The van der Waals surface area contributed by atoms with Crippen LogP contribution >= 0.6 is 0 Å². The van der Waals surface area contributed by atoms with Crippen molar-refractivity contribution >= 4 is 20.9 Å². The zero-order valence-electron chi connectivity index (χ0n) is 9.90. The highest BCUT2D eigenvalue weighted by Gasteiger charge is 2.48. The fraction of sp³-hybridized carbons (Fsp3) is 0.182. The minimum absolute atomic E-state index is 0.0572. The first-order chi connectivity index (χ1) is 9.12. The van der Waals surface area contributed by atoms with Crippen molar-refractivity contribution in [1.82, 2.24) is 4.98 Å². The summed E-state index contributed by atoms with van der Waals surface area (Å²) in [5, 5.41) is 0.272. The standard InChI is InChI=1S/C11H7F4NO3S/c1-6-2-3-9(12)8-5-16-10(4-7(6)8)19-20(17,18)11(13,14)15/h2-5H,1H3. The van der Waals surface area contributed by atoms with Gasteiger partial charge in [0.25, 0.3) is 0 Å². The monoisotopic (exact) mass is 309 g/mol. The summed E-state index contributed by atoms with van der Waals surface area (Å²) in [6, 6.07) is 3.52. The Morgan fingerprint density at radius 1 is 1.20 bits per heavy atom. The lowest BCUT2D eigenvalue weighted by Gasteiger charge is -2.10. The molecule has 0 aliphatic carbocycles. The molecule has 2 aromatic rings. The molecule has 0 saturated carbocycles. The summed E-state index contributed by atoms with van der Waals surface area (Å²) in [5.74, 6) is -1.40. The number of nitrogens with zero attached hydrogens (tertiary/aromatic N) is 1. The number of hydrogen-bond acceptors (Lipinski definition) is 4. The molecular formula is C11H7F4NO3S. The van der Waals surface area contributed by atoms with Crippen molar-refractivity contribution in [2.24, 2.45) is 0 Å². The van der Waals surface area contributed by atoms with E-state index in [0.717, 1.165) is 12.3 Å². The van der Waals surface area contributed by atoms with Crippen LogP contribution in [0.4, 0.5) is 17.6 Å². The van der Waals surface area contributed by atoms with E-state index in [2.05, 4.69) is 9.17 Å². The number of halogens is 4. The molecule has 0 unspecified atom stereocenters. The smallest absolute Gasteiger partial charge is 0.355 e. The Hall–Kier alpha value is -1.90. The van der Waals surface area contributed by atoms with Gasteiger partial charge in [0.1, 0.15) is 5.82 Å². The van der Waals surface area contributed by atoms with Crippen LogP contribution in [0.25, 0.3) is 10.8 Å². The van der Waals surface area contributed by atoms with E-state index < -0.39 is 27.3 Å². The van der Waals surface area contributed by atoms with E-state index >= 15 is 0 Å². The van der Waals surface area contributed by atoms with Gasteiger partial charge in [-0.3, -0.25) is 0 Å². The molecule has 1 aromatic heterocycles. The normalized spacial score (nSPS) is 12.7. The molecule has 0 bridgehead atoms. The van der Waals surface area contributed by atoms with Gasteiger partial charge in [-0.25, -0.2) is 9.37 Å². The summed E-state index contributed by atoms with van der Waals surface area (Å²) in [7, 11) is -5.80. The van der Waals surface area contributed by atoms with Gasteiger partial charge in [-0.2, -0.15) is 21.6 Å². The molecule has 1 heterocycles. The highest BCUT2D eigenvalue weighted by molar-refractivity contribution is 7.87. The van der Waals surface area contributed by atoms with Crippen LogP contribution in [-0.2, 0) is 10.1 Å². The van der Waals surface area contributed by atoms with Crippen LogP contribution in [0, 0.1) is 12.7 Å². The lowest BCUT2D eigenvalue weighted by molar-refractivity contribution is -0.0501. The molecule has 2 rings (SSSR count). The first-order valence-electron chi connectivity index (χ1n) is 5.17. The van der Waals surface area contributed by atoms with E-state index in [4.69, 9.17) is 0 Å². The van der Waals surface area contributed by atoms with Gasteiger partial charge in [0.05, 0.1) is 0 Å². The third-order valence-corrected chi connectivity index (χ3v) is 3.48. The summed E-state index contributed by atoms with van der Waals surface area (Å²) in [6.07, 6.45) is 0.916. The van der Waals surface area contributed by atoms with Crippen molar-refractivity contribution < 1.29 is 30.2 Å². The average molecular weight is 309 g/mol. The highest BCUT2D eigenvalue weighted by Crippen LogP contribution is 2.29. The maximum Gasteiger partial charge on any atom is 0.534 e. The molecule has 0 aliphatic rings. The zero-order chi connectivity index (χ0) is 15.1. The summed E-state index contributed by atoms with van der Waals surface area (Å²) in [5.41, 5.74) is -5.02. The minimum Gasteiger partial charge on any atom is -0.355 e. The highest BCUT2D eigenvalue weighted by atomic mass is 32.2. The predicted molar refractivity (Wildman–Crippen MR) is 62.0 cm³/mol. The Kier molecular flexibility index (Phi) is 3.32. The molecule has 108 valence electrons. The first kappa shape index (κ1) is 14.5. The molecule has 1 aromatic carbocycles. The van der Waals surface area contributed by atoms with Crippen molar-refractivity contribution in [1.29, 1.82) is 0 Å². The van der Waals surface area contributed by atoms with E-state index in [0.29, 0.717) is 5.56 Å². The number of rotatable bonds is 2. The molecule has 0 N–H and O–H groups in total. The lowest BCUT2D eigenvalue weighted by Crippen LogP contribution is -2.28. The van der Waals surface area contributed by atoms with Crippen LogP contribution in [0.2, 0.25) is 0 Å². The molecule has 4 nitrogen and oxygen atoms in total. The molecule has 0 atom stereocenters. The van der Waals surface area contributed by atoms with Gasteiger partial charge in [-0.1, -0.05) is 6.07 Å². The van der Waals surface area contributed by atoms with Gasteiger partial charge >= 0.3 is 15.6 Å². The minimum atomic E-state index is -5.80. The molecule has 0 saturated heterocycles. The van der Waals surface area contributed by atoms with Crippen molar-refractivity contribution in [2.75, 3.05) is 0 Å². The predicted octanol–water partition coefficient (Wildman–Crippen LogP) is 2.91. The maximum absolute atomic E-state index is 13.4. The van der Waals surface area contributed by atoms with Gasteiger partial charge in [0.15, 0.2) is 0 Å². The molecule has 0 amide bonds. The molecule has 20 heavy (non-hydrogen) atoms. The van der Waals surface area contributed by atoms with Gasteiger partial charge < -0.3 is 4.18 Å². The Morgan fingerprint density at radius 2 is 1.85 bits per heavy atom. The first-order valence-corrected chi connectivity index (χ1v) is 6.58. The van der Waals surface area contributed by atoms with E-state index in [1.165, 1.54) is 12.1 Å². The van der Waals surface area contributed by atoms with Crippen molar-refractivity contribution in [2.45, 2.75) is 12.4 Å². The fourth-order valence-electron chi connectivity index (χ4n) is 1.54. The summed E-state index contributed by atoms with van der Waals surface area (Å²) in [6.45, 7) is 1.59. The van der Waals surface area contributed by atoms with Crippen LogP contribution in [0.3, 0.4) is 0 Å². The van der Waals surface area contributed by atoms with Gasteiger partial charge in [-0.15, -0.1) is 0 Å². The Labute approximate surface area is 111 Å². The van der Waals surface area contributed by atoms with Crippen LogP contribution < -0.4 is 4.18 Å². The second kappa shape index (κ2) is 4.58. The van der Waals surface area contributed by atoms with Crippen molar-refractivity contribution in [3.63, 3.8) is 0 Å². The van der Waals surface area contributed by atoms with Gasteiger partial charge in [0.2, 0.25) is 5.88 Å². The Balaban J connectivity index is 2.51. The number of hydrogen-bond donors (Lipinski definition) is 0. The number of aryl methyl sites for hydroxylation is 1. The number of alkyl halides is 3. The second-order valence-corrected chi connectivity index (χ2v) is 5.45. The zero-order valence-corrected chi connectivity index (χ0v) is 10.7. The Morgan fingerprint density at radius 3 is 2.45 bits per heavy atom. The maximum atomic E-state index is 13.4. The third kappa shape index (κ3) is 2.53. The number of aromatic nitrogens is 1. The van der Waals surface area contributed by atoms with Gasteiger partial charge in [-0.05, 0) is 23.9 Å². The molecular weight excluding hydrogens is 302 g/mol. The quantitative estimate of drug-likeness (QED) is 0.486. The van der Waals surface area contributed by atoms with E-state index in [9.17, 15) is 26.0 Å². The number of pyridine rings is 1. The average Bonchev–Trinajstić information content (AvgIpc) is 2.32. The SMILES string of the molecule is Cc1ccc(F)c2cnc(OS(=O)(=O)C(F)(F)F)cc12. The van der Waals surface area contributed by atoms with Crippen LogP contribution in [0.5, 0.6) is 5.88 Å². The summed E-state index contributed by atoms with van der Waals surface area (Å²) < 4.78 is 75.6. The lowest BCUT2D eigenvalue weighted by atomic mass is 10.1. The third-order valence-electron chi connectivity index (χ3n) is 2.52. The van der Waals surface area contributed by atoms with E-state index in [1.807, 2.05) is 0 Å². The molecule has 0 aliphatic heterocycles. The van der Waals surface area contributed by atoms with E-state index in [1.54, 1.807) is 6.92 Å². The van der Waals surface area contributed by atoms with Crippen LogP contribution in [0.1, 0.15) is 5.56 Å². The molecule has 9 heteroatoms. The molecule has 0 radical (unpaired) electrons. The summed E-state index contributed by atoms with van der Waals surface area (Å²) >= 11 is 0. The van der Waals surface area contributed by atoms with Crippen LogP contribution in [0.15, 0.2) is 24.4 Å². The Bertz CT molecular complexity index is 771. The van der Waals surface area contributed by atoms with Crippen LogP contribution in [-0.4, -0.2) is 18.9 Å². The largest absolute Gasteiger partial charge is 0.534 e. The van der Waals surface area contributed by atoms with Crippen molar-refractivity contribution in [3.05, 3.63) is 35.8 Å².